The highest BCUT2D eigenvalue weighted by Gasteiger charge is 2.54. The molecular weight excluding hydrogens is 319 g/mol. The molecule has 0 aliphatic carbocycles. The first-order chi connectivity index (χ1) is 12.2. The number of amides is 1. The van der Waals surface area contributed by atoms with Crippen LogP contribution in [0, 0.1) is 11.7 Å². The Balaban J connectivity index is 1.53. The fourth-order valence-electron chi connectivity index (χ4n) is 5.20. The highest BCUT2D eigenvalue weighted by Crippen LogP contribution is 2.46. The fourth-order valence-corrected chi connectivity index (χ4v) is 5.20. The number of piperidine rings is 3. The van der Waals surface area contributed by atoms with E-state index in [4.69, 9.17) is 4.42 Å². The molecule has 3 atom stereocenters. The van der Waals surface area contributed by atoms with Crippen molar-refractivity contribution in [3.63, 3.8) is 0 Å². The van der Waals surface area contributed by atoms with E-state index in [0.29, 0.717) is 24.3 Å². The van der Waals surface area contributed by atoms with Crippen LogP contribution in [0.3, 0.4) is 0 Å². The van der Waals surface area contributed by atoms with Crippen LogP contribution in [0.1, 0.15) is 34.9 Å². The van der Waals surface area contributed by atoms with Gasteiger partial charge in [0.15, 0.2) is 5.76 Å². The lowest BCUT2D eigenvalue weighted by atomic mass is 9.75. The number of nitrogens with zero attached hydrogens (tertiary/aromatic N) is 2. The molecule has 0 saturated carbocycles. The first-order valence-electron chi connectivity index (χ1n) is 9.06. The van der Waals surface area contributed by atoms with Crippen molar-refractivity contribution >= 4 is 5.91 Å². The predicted octanol–water partition coefficient (Wildman–Crippen LogP) is 3.12. The summed E-state index contributed by atoms with van der Waals surface area (Å²) in [5.41, 5.74) is 1.12. The average Bonchev–Trinajstić information content (AvgIpc) is 3.32. The molecule has 130 valence electrons. The minimum Gasteiger partial charge on any atom is -0.459 e. The number of fused-ring (bicyclic) bond motifs is 2. The van der Waals surface area contributed by atoms with Gasteiger partial charge in [0.05, 0.1) is 12.3 Å². The topological polar surface area (TPSA) is 36.7 Å². The highest BCUT2D eigenvalue weighted by molar-refractivity contribution is 5.92. The van der Waals surface area contributed by atoms with E-state index in [1.165, 1.54) is 12.1 Å². The van der Waals surface area contributed by atoms with Gasteiger partial charge in [-0.15, -0.1) is 0 Å². The van der Waals surface area contributed by atoms with E-state index in [9.17, 15) is 9.18 Å². The Morgan fingerprint density at radius 2 is 1.84 bits per heavy atom. The number of hydrogen-bond donors (Lipinski definition) is 0. The molecule has 4 aliphatic rings. The second kappa shape index (κ2) is 5.70. The smallest absolute Gasteiger partial charge is 0.289 e. The molecule has 4 aliphatic heterocycles. The summed E-state index contributed by atoms with van der Waals surface area (Å²) < 4.78 is 18.7. The maximum Gasteiger partial charge on any atom is 0.289 e. The highest BCUT2D eigenvalue weighted by atomic mass is 19.1. The summed E-state index contributed by atoms with van der Waals surface area (Å²) in [6.45, 7) is 2.88. The maximum absolute atomic E-state index is 13.4. The van der Waals surface area contributed by atoms with Crippen LogP contribution in [0.5, 0.6) is 0 Å². The first kappa shape index (κ1) is 15.1. The van der Waals surface area contributed by atoms with Gasteiger partial charge in [-0.3, -0.25) is 9.69 Å². The summed E-state index contributed by atoms with van der Waals surface area (Å²) in [6, 6.07) is 10.9. The van der Waals surface area contributed by atoms with Gasteiger partial charge in [-0.1, -0.05) is 12.1 Å². The van der Waals surface area contributed by atoms with Crippen molar-refractivity contribution in [1.82, 2.24) is 9.80 Å². The lowest BCUT2D eigenvalue weighted by molar-refractivity contribution is -0.00428. The fraction of sp³-hybridized carbons (Fsp3) is 0.450. The lowest BCUT2D eigenvalue weighted by Gasteiger charge is -2.51. The Labute approximate surface area is 146 Å². The van der Waals surface area contributed by atoms with Crippen LogP contribution < -0.4 is 0 Å². The van der Waals surface area contributed by atoms with E-state index in [2.05, 4.69) is 4.90 Å². The molecule has 2 aromatic rings. The largest absolute Gasteiger partial charge is 0.459 e. The number of furan rings is 1. The summed E-state index contributed by atoms with van der Waals surface area (Å²) in [4.78, 5) is 17.6. The summed E-state index contributed by atoms with van der Waals surface area (Å²) >= 11 is 0. The molecule has 1 amide bonds. The monoisotopic (exact) mass is 340 g/mol. The molecule has 5 heteroatoms. The molecular formula is C20H21FN2O2. The van der Waals surface area contributed by atoms with Crippen LogP contribution >= 0.6 is 0 Å². The number of likely N-dealkylation sites (tertiary alicyclic amines) is 1. The second-order valence-electron chi connectivity index (χ2n) is 7.45. The Hall–Kier alpha value is -2.14. The van der Waals surface area contributed by atoms with Crippen molar-refractivity contribution in [3.05, 3.63) is 59.8 Å². The molecule has 4 fully saturated rings. The molecule has 0 unspecified atom stereocenters. The van der Waals surface area contributed by atoms with Crippen molar-refractivity contribution in [3.8, 4) is 0 Å². The Morgan fingerprint density at radius 1 is 1.08 bits per heavy atom. The molecule has 6 rings (SSSR count). The zero-order chi connectivity index (χ0) is 17.0. The number of carbonyl (C=O) groups is 1. The van der Waals surface area contributed by atoms with Crippen LogP contribution in [-0.4, -0.2) is 47.4 Å². The van der Waals surface area contributed by atoms with Gasteiger partial charge in [-0.2, -0.15) is 0 Å². The molecule has 5 heterocycles. The van der Waals surface area contributed by atoms with Gasteiger partial charge in [0.1, 0.15) is 5.82 Å². The van der Waals surface area contributed by atoms with Gasteiger partial charge in [-0.25, -0.2) is 4.39 Å². The molecule has 4 nitrogen and oxygen atoms in total. The quantitative estimate of drug-likeness (QED) is 0.843. The summed E-state index contributed by atoms with van der Waals surface area (Å²) in [6.07, 6.45) is 3.85. The van der Waals surface area contributed by atoms with Gasteiger partial charge < -0.3 is 9.32 Å². The Kier molecular flexibility index (Phi) is 3.45. The molecule has 1 aromatic heterocycles. The van der Waals surface area contributed by atoms with E-state index in [1.54, 1.807) is 18.4 Å². The van der Waals surface area contributed by atoms with Crippen LogP contribution in [0.4, 0.5) is 4.39 Å². The van der Waals surface area contributed by atoms with Gasteiger partial charge >= 0.3 is 0 Å². The van der Waals surface area contributed by atoms with Gasteiger partial charge in [0, 0.05) is 18.5 Å². The van der Waals surface area contributed by atoms with E-state index in [1.807, 2.05) is 17.0 Å². The van der Waals surface area contributed by atoms with E-state index >= 15 is 0 Å². The van der Waals surface area contributed by atoms with Crippen LogP contribution in [0.25, 0.3) is 0 Å². The average molecular weight is 340 g/mol. The van der Waals surface area contributed by atoms with Gasteiger partial charge in [0.25, 0.3) is 5.91 Å². The SMILES string of the molecule is O=C(c1ccco1)N1C[C@@H](c2ccc(F)cc2)[C@@H]2[C@H]1C1CCN2CC1. The summed E-state index contributed by atoms with van der Waals surface area (Å²) in [7, 11) is 0. The molecule has 4 saturated heterocycles. The first-order valence-corrected chi connectivity index (χ1v) is 9.06. The number of carbonyl (C=O) groups excluding carboxylic acids is 1. The van der Waals surface area contributed by atoms with Gasteiger partial charge in [0.2, 0.25) is 0 Å². The molecule has 0 radical (unpaired) electrons. The minimum atomic E-state index is -0.215. The normalized spacial score (nSPS) is 33.5. The van der Waals surface area contributed by atoms with Crippen molar-refractivity contribution < 1.29 is 13.6 Å². The standard InChI is InChI=1S/C20H21FN2O2/c21-15-5-3-13(4-6-15)16-12-23(20(24)17-2-1-11-25-17)18-14-7-9-22(10-8-14)19(16)18/h1-6,11,14,16,18-19H,7-10,12H2/t16-,18+,19+/m0/s1. The third-order valence-corrected chi connectivity index (χ3v) is 6.29. The Bertz CT molecular complexity index is 766. The molecule has 0 N–H and O–H groups in total. The Morgan fingerprint density at radius 3 is 2.52 bits per heavy atom. The number of benzene rings is 1. The number of hydrogen-bond acceptors (Lipinski definition) is 3. The molecule has 2 bridgehead atoms. The van der Waals surface area contributed by atoms with Crippen LogP contribution in [0.15, 0.2) is 47.1 Å². The van der Waals surface area contributed by atoms with Crippen molar-refractivity contribution in [2.24, 2.45) is 5.92 Å². The molecule has 0 spiro atoms. The third kappa shape index (κ3) is 2.33. The third-order valence-electron chi connectivity index (χ3n) is 6.29. The van der Waals surface area contributed by atoms with Crippen LogP contribution in [-0.2, 0) is 0 Å². The van der Waals surface area contributed by atoms with E-state index in [-0.39, 0.29) is 23.7 Å². The molecule has 1 aromatic carbocycles. The molecule has 25 heavy (non-hydrogen) atoms. The zero-order valence-corrected chi connectivity index (χ0v) is 14.0. The van der Waals surface area contributed by atoms with Crippen molar-refractivity contribution in [2.75, 3.05) is 19.6 Å². The summed E-state index contributed by atoms with van der Waals surface area (Å²) in [5.74, 6) is 0.965. The van der Waals surface area contributed by atoms with Crippen molar-refractivity contribution in [2.45, 2.75) is 30.8 Å². The second-order valence-corrected chi connectivity index (χ2v) is 7.45. The van der Waals surface area contributed by atoms with Crippen LogP contribution in [0.2, 0.25) is 0 Å². The predicted molar refractivity (Wildman–Crippen MR) is 90.8 cm³/mol. The van der Waals surface area contributed by atoms with E-state index in [0.717, 1.165) is 31.5 Å². The number of halogens is 1. The summed E-state index contributed by atoms with van der Waals surface area (Å²) in [5, 5.41) is 0. The lowest BCUT2D eigenvalue weighted by Crippen LogP contribution is -2.60. The number of rotatable bonds is 2. The van der Waals surface area contributed by atoms with Crippen molar-refractivity contribution in [1.29, 1.82) is 0 Å². The van der Waals surface area contributed by atoms with E-state index < -0.39 is 0 Å². The van der Waals surface area contributed by atoms with Gasteiger partial charge in [-0.05, 0) is 61.7 Å². The zero-order valence-electron chi connectivity index (χ0n) is 14.0. The minimum absolute atomic E-state index is 0.0154. The maximum atomic E-state index is 13.4.